The van der Waals surface area contributed by atoms with Gasteiger partial charge in [-0.3, -0.25) is 0 Å². The van der Waals surface area contributed by atoms with Crippen molar-refractivity contribution < 1.29 is 0 Å². The summed E-state index contributed by atoms with van der Waals surface area (Å²) < 4.78 is 0. The summed E-state index contributed by atoms with van der Waals surface area (Å²) in [5, 5.41) is 3.87. The summed E-state index contributed by atoms with van der Waals surface area (Å²) in [6.07, 6.45) is 12.7. The predicted molar refractivity (Wildman–Crippen MR) is 86.5 cm³/mol. The van der Waals surface area contributed by atoms with Gasteiger partial charge in [0.15, 0.2) is 0 Å². The van der Waals surface area contributed by atoms with Gasteiger partial charge in [0.05, 0.1) is 0 Å². The van der Waals surface area contributed by atoms with Gasteiger partial charge in [0.2, 0.25) is 0 Å². The Hall–Kier alpha value is -0.0400. The van der Waals surface area contributed by atoms with E-state index in [0.29, 0.717) is 0 Å². The molecule has 0 aliphatic heterocycles. The molecule has 1 saturated carbocycles. The van der Waals surface area contributed by atoms with Crippen molar-refractivity contribution in [3.63, 3.8) is 0 Å². The molecule has 1 rings (SSSR count). The molecule has 1 atom stereocenters. The molecule has 0 aromatic rings. The third-order valence-corrected chi connectivity index (χ3v) is 5.44. The van der Waals surface area contributed by atoms with Crippen LogP contribution in [0.5, 0.6) is 0 Å². The van der Waals surface area contributed by atoms with E-state index >= 15 is 0 Å². The lowest BCUT2D eigenvalue weighted by Gasteiger charge is -2.36. The third kappa shape index (κ3) is 5.85. The Kier molecular flexibility index (Phi) is 8.77. The van der Waals surface area contributed by atoms with Crippen LogP contribution in [0.1, 0.15) is 85.5 Å². The molecule has 19 heavy (non-hydrogen) atoms. The molecular formula is C18H37N. The quantitative estimate of drug-likeness (QED) is 0.590. The molecule has 0 spiro atoms. The van der Waals surface area contributed by atoms with Crippen LogP contribution in [0.2, 0.25) is 0 Å². The Morgan fingerprint density at radius 1 is 0.947 bits per heavy atom. The first kappa shape index (κ1) is 17.0. The van der Waals surface area contributed by atoms with E-state index < -0.39 is 0 Å². The fourth-order valence-corrected chi connectivity index (χ4v) is 3.75. The van der Waals surface area contributed by atoms with Gasteiger partial charge in [-0.15, -0.1) is 0 Å². The molecule has 1 aliphatic rings. The fourth-order valence-electron chi connectivity index (χ4n) is 3.75. The van der Waals surface area contributed by atoms with Crippen molar-refractivity contribution in [2.45, 2.75) is 91.5 Å². The molecule has 0 bridgehead atoms. The molecule has 1 N–H and O–H groups in total. The molecule has 1 aliphatic carbocycles. The van der Waals surface area contributed by atoms with E-state index in [4.69, 9.17) is 0 Å². The van der Waals surface area contributed by atoms with Gasteiger partial charge in [-0.1, -0.05) is 59.8 Å². The Bertz CT molecular complexity index is 202. The highest BCUT2D eigenvalue weighted by Crippen LogP contribution is 2.34. The Balaban J connectivity index is 2.48. The highest BCUT2D eigenvalue weighted by atomic mass is 14.9. The zero-order chi connectivity index (χ0) is 14.1. The van der Waals surface area contributed by atoms with Gasteiger partial charge in [0.25, 0.3) is 0 Å². The van der Waals surface area contributed by atoms with Crippen LogP contribution in [0.3, 0.4) is 0 Å². The highest BCUT2D eigenvalue weighted by molar-refractivity contribution is 4.83. The topological polar surface area (TPSA) is 12.0 Å². The molecule has 1 fully saturated rings. The molecule has 0 heterocycles. The van der Waals surface area contributed by atoms with E-state index in [0.717, 1.165) is 23.8 Å². The molecule has 114 valence electrons. The minimum atomic E-state index is 0.794. The van der Waals surface area contributed by atoms with E-state index in [9.17, 15) is 0 Å². The molecule has 1 nitrogen and oxygen atoms in total. The van der Waals surface area contributed by atoms with Crippen molar-refractivity contribution in [1.29, 1.82) is 0 Å². The molecule has 0 amide bonds. The van der Waals surface area contributed by atoms with Gasteiger partial charge in [-0.25, -0.2) is 0 Å². The summed E-state index contributed by atoms with van der Waals surface area (Å²) in [5.74, 6) is 2.91. The van der Waals surface area contributed by atoms with Crippen molar-refractivity contribution in [2.24, 2.45) is 17.8 Å². The zero-order valence-corrected chi connectivity index (χ0v) is 13.9. The van der Waals surface area contributed by atoms with E-state index in [-0.39, 0.29) is 0 Å². The molecule has 0 radical (unpaired) electrons. The number of rotatable bonds is 9. The SMILES string of the molecule is CCCNC(CC(CC)CC)C1CCC(CC)CC1. The predicted octanol–water partition coefficient (Wildman–Crippen LogP) is 5.40. The first-order valence-corrected chi connectivity index (χ1v) is 8.98. The van der Waals surface area contributed by atoms with Crippen molar-refractivity contribution in [3.8, 4) is 0 Å². The van der Waals surface area contributed by atoms with Crippen LogP contribution in [0.4, 0.5) is 0 Å². The molecular weight excluding hydrogens is 230 g/mol. The largest absolute Gasteiger partial charge is 0.314 e. The smallest absolute Gasteiger partial charge is 0.00979 e. The standard InChI is InChI=1S/C18H37N/c1-5-13-19-18(14-15(6-2)7-3)17-11-9-16(8-4)10-12-17/h15-19H,5-14H2,1-4H3. The van der Waals surface area contributed by atoms with E-state index in [1.165, 1.54) is 64.3 Å². The van der Waals surface area contributed by atoms with Gasteiger partial charge < -0.3 is 5.32 Å². The lowest BCUT2D eigenvalue weighted by molar-refractivity contribution is 0.193. The first-order chi connectivity index (χ1) is 9.24. The lowest BCUT2D eigenvalue weighted by atomic mass is 9.75. The van der Waals surface area contributed by atoms with Gasteiger partial charge in [-0.2, -0.15) is 0 Å². The maximum Gasteiger partial charge on any atom is 0.00979 e. The van der Waals surface area contributed by atoms with Gasteiger partial charge >= 0.3 is 0 Å². The number of hydrogen-bond acceptors (Lipinski definition) is 1. The average Bonchev–Trinajstić information content (AvgIpc) is 2.48. The summed E-state index contributed by atoms with van der Waals surface area (Å²) in [6, 6.07) is 0.794. The second-order valence-corrected chi connectivity index (χ2v) is 6.67. The van der Waals surface area contributed by atoms with E-state index in [1.807, 2.05) is 0 Å². The molecule has 0 aromatic heterocycles. The normalized spacial score (nSPS) is 25.7. The van der Waals surface area contributed by atoms with Gasteiger partial charge in [0.1, 0.15) is 0 Å². The summed E-state index contributed by atoms with van der Waals surface area (Å²) in [4.78, 5) is 0. The van der Waals surface area contributed by atoms with Crippen molar-refractivity contribution in [3.05, 3.63) is 0 Å². The Labute approximate surface area is 121 Å². The van der Waals surface area contributed by atoms with Crippen molar-refractivity contribution in [2.75, 3.05) is 6.54 Å². The summed E-state index contributed by atoms with van der Waals surface area (Å²) in [5.41, 5.74) is 0. The summed E-state index contributed by atoms with van der Waals surface area (Å²) in [6.45, 7) is 10.6. The van der Waals surface area contributed by atoms with Crippen LogP contribution in [0.25, 0.3) is 0 Å². The third-order valence-electron chi connectivity index (χ3n) is 5.44. The highest BCUT2D eigenvalue weighted by Gasteiger charge is 2.27. The van der Waals surface area contributed by atoms with Crippen LogP contribution in [-0.2, 0) is 0 Å². The minimum absolute atomic E-state index is 0.794. The van der Waals surface area contributed by atoms with E-state index in [2.05, 4.69) is 33.0 Å². The zero-order valence-electron chi connectivity index (χ0n) is 13.9. The minimum Gasteiger partial charge on any atom is -0.314 e. The van der Waals surface area contributed by atoms with Crippen LogP contribution >= 0.6 is 0 Å². The van der Waals surface area contributed by atoms with Crippen LogP contribution in [-0.4, -0.2) is 12.6 Å². The maximum absolute atomic E-state index is 3.87. The molecule has 1 unspecified atom stereocenters. The van der Waals surface area contributed by atoms with Crippen LogP contribution < -0.4 is 5.32 Å². The van der Waals surface area contributed by atoms with Gasteiger partial charge in [0, 0.05) is 6.04 Å². The second kappa shape index (κ2) is 9.80. The fraction of sp³-hybridized carbons (Fsp3) is 1.00. The van der Waals surface area contributed by atoms with Crippen LogP contribution in [0, 0.1) is 17.8 Å². The number of hydrogen-bond donors (Lipinski definition) is 1. The lowest BCUT2D eigenvalue weighted by Crippen LogP contribution is -2.40. The maximum atomic E-state index is 3.87. The van der Waals surface area contributed by atoms with E-state index in [1.54, 1.807) is 0 Å². The second-order valence-electron chi connectivity index (χ2n) is 6.67. The molecule has 0 saturated heterocycles. The first-order valence-electron chi connectivity index (χ1n) is 8.98. The van der Waals surface area contributed by atoms with Crippen LogP contribution in [0.15, 0.2) is 0 Å². The number of nitrogens with one attached hydrogen (secondary N) is 1. The summed E-state index contributed by atoms with van der Waals surface area (Å²) in [7, 11) is 0. The monoisotopic (exact) mass is 267 g/mol. The Morgan fingerprint density at radius 3 is 2.05 bits per heavy atom. The molecule has 1 heteroatoms. The average molecular weight is 268 g/mol. The van der Waals surface area contributed by atoms with Crippen molar-refractivity contribution >= 4 is 0 Å². The van der Waals surface area contributed by atoms with Gasteiger partial charge in [-0.05, 0) is 50.0 Å². The summed E-state index contributed by atoms with van der Waals surface area (Å²) >= 11 is 0. The molecule has 0 aromatic carbocycles. The Morgan fingerprint density at radius 2 is 1.58 bits per heavy atom. The van der Waals surface area contributed by atoms with Crippen molar-refractivity contribution in [1.82, 2.24) is 5.32 Å².